The van der Waals surface area contributed by atoms with Gasteiger partial charge in [-0.2, -0.15) is 5.10 Å². The molecule has 2 aromatic rings. The third-order valence-electron chi connectivity index (χ3n) is 5.77. The highest BCUT2D eigenvalue weighted by atomic mass is 16.6. The number of hydrogen-bond donors (Lipinski definition) is 0. The number of methoxy groups -OCH3 is 1. The van der Waals surface area contributed by atoms with Gasteiger partial charge in [0.05, 0.1) is 19.0 Å². The Balaban J connectivity index is 1.52. The number of ether oxygens (including phenoxy) is 2. The van der Waals surface area contributed by atoms with E-state index in [1.807, 2.05) is 38.9 Å². The van der Waals surface area contributed by atoms with Crippen LogP contribution in [0.2, 0.25) is 0 Å². The number of anilines is 1. The summed E-state index contributed by atoms with van der Waals surface area (Å²) in [4.78, 5) is 33.5. The fourth-order valence-electron chi connectivity index (χ4n) is 4.25. The zero-order valence-corrected chi connectivity index (χ0v) is 18.9. The van der Waals surface area contributed by atoms with E-state index >= 15 is 0 Å². The van der Waals surface area contributed by atoms with E-state index in [1.165, 1.54) is 7.11 Å². The van der Waals surface area contributed by atoms with Gasteiger partial charge in [-0.15, -0.1) is 0 Å². The molecule has 0 N–H and O–H groups in total. The number of aromatic nitrogens is 3. The van der Waals surface area contributed by atoms with Gasteiger partial charge in [0.25, 0.3) is 0 Å². The predicted molar refractivity (Wildman–Crippen MR) is 116 cm³/mol. The number of rotatable bonds is 4. The van der Waals surface area contributed by atoms with Gasteiger partial charge in [0.2, 0.25) is 0 Å². The van der Waals surface area contributed by atoms with Gasteiger partial charge in [0, 0.05) is 43.8 Å². The highest BCUT2D eigenvalue weighted by Gasteiger charge is 2.41. The molecule has 1 saturated carbocycles. The molecule has 31 heavy (non-hydrogen) atoms. The summed E-state index contributed by atoms with van der Waals surface area (Å²) in [6, 6.07) is 0.475. The minimum Gasteiger partial charge on any atom is -0.464 e. The Labute approximate surface area is 182 Å². The van der Waals surface area contributed by atoms with Crippen molar-refractivity contribution in [3.05, 3.63) is 18.1 Å². The molecule has 1 aliphatic carbocycles. The normalized spacial score (nSPS) is 17.6. The molecule has 0 atom stereocenters. The van der Waals surface area contributed by atoms with Crippen molar-refractivity contribution in [2.45, 2.75) is 64.1 Å². The number of piperidine rings is 1. The number of nitrogens with zero attached hydrogens (tertiary/aromatic N) is 5. The van der Waals surface area contributed by atoms with Gasteiger partial charge < -0.3 is 19.3 Å². The predicted octanol–water partition coefficient (Wildman–Crippen LogP) is 3.12. The van der Waals surface area contributed by atoms with E-state index in [9.17, 15) is 9.59 Å². The van der Waals surface area contributed by atoms with E-state index in [0.29, 0.717) is 11.6 Å². The van der Waals surface area contributed by atoms with Crippen LogP contribution in [0.4, 0.5) is 10.5 Å². The molecule has 0 aromatic carbocycles. The summed E-state index contributed by atoms with van der Waals surface area (Å²) < 4.78 is 12.2. The molecule has 0 unspecified atom stereocenters. The van der Waals surface area contributed by atoms with E-state index in [2.05, 4.69) is 15.0 Å². The number of amides is 1. The van der Waals surface area contributed by atoms with Gasteiger partial charge in [-0.1, -0.05) is 0 Å². The molecule has 9 heteroatoms. The lowest BCUT2D eigenvalue weighted by molar-refractivity contribution is 0.0113. The Morgan fingerprint density at radius 1 is 1.13 bits per heavy atom. The highest BCUT2D eigenvalue weighted by molar-refractivity contribution is 6.04. The summed E-state index contributed by atoms with van der Waals surface area (Å²) in [5.74, 6) is -0.494. The van der Waals surface area contributed by atoms with E-state index < -0.39 is 11.6 Å². The first-order valence-corrected chi connectivity index (χ1v) is 10.8. The van der Waals surface area contributed by atoms with Crippen molar-refractivity contribution in [2.24, 2.45) is 7.05 Å². The fraction of sp³-hybridized carbons (Fsp3) is 0.636. The van der Waals surface area contributed by atoms with Crippen molar-refractivity contribution >= 4 is 28.7 Å². The number of carbonyl (C=O) groups is 2. The Hall–Kier alpha value is -2.84. The minimum atomic E-state index is -0.496. The summed E-state index contributed by atoms with van der Waals surface area (Å²) in [7, 11) is 3.17. The van der Waals surface area contributed by atoms with Crippen molar-refractivity contribution in [2.75, 3.05) is 25.1 Å². The Morgan fingerprint density at radius 3 is 2.35 bits per heavy atom. The van der Waals surface area contributed by atoms with E-state index in [4.69, 9.17) is 9.47 Å². The highest BCUT2D eigenvalue weighted by Crippen LogP contribution is 2.35. The molecule has 168 valence electrons. The molecule has 2 aliphatic rings. The van der Waals surface area contributed by atoms with Crippen molar-refractivity contribution in [1.82, 2.24) is 19.7 Å². The first-order valence-electron chi connectivity index (χ1n) is 10.8. The maximum atomic E-state index is 12.8. The van der Waals surface area contributed by atoms with Crippen LogP contribution in [0.5, 0.6) is 0 Å². The van der Waals surface area contributed by atoms with Crippen molar-refractivity contribution in [3.63, 3.8) is 0 Å². The van der Waals surface area contributed by atoms with Crippen LogP contribution in [-0.2, 0) is 16.5 Å². The molecular formula is C22H31N5O4. The number of aryl methyl sites for hydroxylation is 1. The van der Waals surface area contributed by atoms with Crippen LogP contribution in [0.25, 0.3) is 10.9 Å². The smallest absolute Gasteiger partial charge is 0.410 e. The van der Waals surface area contributed by atoms with Crippen LogP contribution >= 0.6 is 0 Å². The molecule has 9 nitrogen and oxygen atoms in total. The van der Waals surface area contributed by atoms with Crippen LogP contribution in [0, 0.1) is 0 Å². The standard InChI is InChI=1S/C22H31N5O4/c1-22(2,3)31-21(29)27(14-6-7-14)15-8-10-26(11-9-15)17-12-23-19(20(28)30-5)18-16(17)13-25(4)24-18/h12-15H,6-11H2,1-5H3. The Bertz CT molecular complexity index is 984. The third-order valence-corrected chi connectivity index (χ3v) is 5.77. The number of pyridine rings is 1. The zero-order valence-electron chi connectivity index (χ0n) is 18.9. The van der Waals surface area contributed by atoms with E-state index in [1.54, 1.807) is 10.9 Å². The first-order chi connectivity index (χ1) is 14.7. The third kappa shape index (κ3) is 4.45. The van der Waals surface area contributed by atoms with Crippen molar-refractivity contribution in [1.29, 1.82) is 0 Å². The van der Waals surface area contributed by atoms with Crippen LogP contribution in [-0.4, -0.2) is 69.6 Å². The maximum absolute atomic E-state index is 12.8. The van der Waals surface area contributed by atoms with Crippen LogP contribution in [0.15, 0.2) is 12.4 Å². The molecule has 2 fully saturated rings. The Morgan fingerprint density at radius 2 is 1.77 bits per heavy atom. The lowest BCUT2D eigenvalue weighted by Crippen LogP contribution is -2.50. The second kappa shape index (κ2) is 8.01. The second-order valence-corrected chi connectivity index (χ2v) is 9.39. The quantitative estimate of drug-likeness (QED) is 0.690. The number of esters is 1. The van der Waals surface area contributed by atoms with Gasteiger partial charge in [-0.05, 0) is 46.5 Å². The summed E-state index contributed by atoms with van der Waals surface area (Å²) in [6.45, 7) is 7.30. The zero-order chi connectivity index (χ0) is 22.3. The number of carbonyl (C=O) groups excluding carboxylic acids is 2. The average Bonchev–Trinajstić information content (AvgIpc) is 3.45. The van der Waals surface area contributed by atoms with E-state index in [-0.39, 0.29) is 17.8 Å². The lowest BCUT2D eigenvalue weighted by Gasteiger charge is -2.40. The molecule has 1 saturated heterocycles. The SMILES string of the molecule is COC(=O)c1ncc(N2CCC(N(C(=O)OC(C)(C)C)C3CC3)CC2)c2cn(C)nc12. The van der Waals surface area contributed by atoms with Crippen molar-refractivity contribution < 1.29 is 19.1 Å². The number of fused-ring (bicyclic) bond motifs is 1. The lowest BCUT2D eigenvalue weighted by atomic mass is 10.0. The first kappa shape index (κ1) is 21.4. The summed E-state index contributed by atoms with van der Waals surface area (Å²) in [6.07, 6.45) is 7.24. The van der Waals surface area contributed by atoms with Gasteiger partial charge in [0.1, 0.15) is 11.1 Å². The molecule has 1 amide bonds. The van der Waals surface area contributed by atoms with Gasteiger partial charge in [-0.3, -0.25) is 4.68 Å². The minimum absolute atomic E-state index is 0.172. The summed E-state index contributed by atoms with van der Waals surface area (Å²) in [5, 5.41) is 5.30. The summed E-state index contributed by atoms with van der Waals surface area (Å²) in [5.41, 5.74) is 1.22. The molecular weight excluding hydrogens is 398 g/mol. The topological polar surface area (TPSA) is 89.8 Å². The molecule has 0 radical (unpaired) electrons. The molecule has 0 bridgehead atoms. The molecule has 2 aromatic heterocycles. The van der Waals surface area contributed by atoms with Gasteiger partial charge in [0.15, 0.2) is 5.69 Å². The largest absolute Gasteiger partial charge is 0.464 e. The van der Waals surface area contributed by atoms with Crippen LogP contribution < -0.4 is 4.90 Å². The van der Waals surface area contributed by atoms with Gasteiger partial charge >= 0.3 is 12.1 Å². The Kier molecular flexibility index (Phi) is 5.53. The van der Waals surface area contributed by atoms with E-state index in [0.717, 1.165) is 49.8 Å². The van der Waals surface area contributed by atoms with Crippen LogP contribution in [0.1, 0.15) is 56.9 Å². The fourth-order valence-corrected chi connectivity index (χ4v) is 4.25. The average molecular weight is 430 g/mol. The second-order valence-electron chi connectivity index (χ2n) is 9.39. The number of hydrogen-bond acceptors (Lipinski definition) is 7. The molecule has 3 heterocycles. The monoisotopic (exact) mass is 429 g/mol. The van der Waals surface area contributed by atoms with Crippen molar-refractivity contribution in [3.8, 4) is 0 Å². The molecule has 0 spiro atoms. The molecule has 1 aliphatic heterocycles. The molecule has 4 rings (SSSR count). The maximum Gasteiger partial charge on any atom is 0.410 e. The van der Waals surface area contributed by atoms with Gasteiger partial charge in [-0.25, -0.2) is 14.6 Å². The van der Waals surface area contributed by atoms with Crippen LogP contribution in [0.3, 0.4) is 0 Å². The summed E-state index contributed by atoms with van der Waals surface area (Å²) >= 11 is 0.